The summed E-state index contributed by atoms with van der Waals surface area (Å²) in [6.07, 6.45) is 0. The minimum Gasteiger partial charge on any atom is -0.372 e. The van der Waals surface area contributed by atoms with Gasteiger partial charge < -0.3 is 15.1 Å². The first-order chi connectivity index (χ1) is 9.46. The molecule has 1 saturated heterocycles. The Bertz CT molecular complexity index is 420. The van der Waals surface area contributed by atoms with Crippen molar-refractivity contribution in [2.75, 3.05) is 36.0 Å². The van der Waals surface area contributed by atoms with Crippen LogP contribution in [0.5, 0.6) is 0 Å². The molecule has 1 atom stereocenters. The van der Waals surface area contributed by atoms with Gasteiger partial charge in [-0.2, -0.15) is 0 Å². The fraction of sp³-hybridized carbons (Fsp3) is 0.647. The Labute approximate surface area is 124 Å². The lowest BCUT2D eigenvalue weighted by atomic mass is 9.98. The van der Waals surface area contributed by atoms with E-state index in [1.54, 1.807) is 0 Å². The molecule has 0 aliphatic carbocycles. The summed E-state index contributed by atoms with van der Waals surface area (Å²) in [5, 5.41) is 3.61. The summed E-state index contributed by atoms with van der Waals surface area (Å²) in [6.45, 7) is 15.5. The van der Waals surface area contributed by atoms with Crippen LogP contribution in [0, 0.1) is 0 Å². The molecule has 0 bridgehead atoms. The summed E-state index contributed by atoms with van der Waals surface area (Å²) in [5.74, 6) is 0. The van der Waals surface area contributed by atoms with E-state index < -0.39 is 0 Å². The Morgan fingerprint density at radius 2 is 1.80 bits per heavy atom. The van der Waals surface area contributed by atoms with E-state index in [9.17, 15) is 0 Å². The van der Waals surface area contributed by atoms with E-state index in [4.69, 9.17) is 0 Å². The van der Waals surface area contributed by atoms with Gasteiger partial charge in [0.15, 0.2) is 0 Å². The van der Waals surface area contributed by atoms with Crippen molar-refractivity contribution in [1.82, 2.24) is 5.32 Å². The molecule has 2 rings (SSSR count). The van der Waals surface area contributed by atoms with Gasteiger partial charge in [-0.25, -0.2) is 0 Å². The Balaban J connectivity index is 2.16. The summed E-state index contributed by atoms with van der Waals surface area (Å²) in [4.78, 5) is 4.90. The van der Waals surface area contributed by atoms with E-state index in [1.807, 2.05) is 0 Å². The van der Waals surface area contributed by atoms with Crippen LogP contribution in [0.1, 0.15) is 34.6 Å². The molecule has 3 heteroatoms. The summed E-state index contributed by atoms with van der Waals surface area (Å²) < 4.78 is 0. The number of nitrogens with zero attached hydrogens (tertiary/aromatic N) is 2. The summed E-state index contributed by atoms with van der Waals surface area (Å²) in [7, 11) is 0. The van der Waals surface area contributed by atoms with Crippen LogP contribution in [-0.2, 0) is 0 Å². The first kappa shape index (κ1) is 15.2. The van der Waals surface area contributed by atoms with Crippen molar-refractivity contribution in [3.63, 3.8) is 0 Å². The van der Waals surface area contributed by atoms with Crippen molar-refractivity contribution in [2.24, 2.45) is 0 Å². The maximum absolute atomic E-state index is 3.61. The molecule has 0 spiro atoms. The quantitative estimate of drug-likeness (QED) is 0.911. The van der Waals surface area contributed by atoms with Crippen LogP contribution in [0.25, 0.3) is 0 Å². The summed E-state index contributed by atoms with van der Waals surface area (Å²) in [6, 6.07) is 9.59. The average molecular weight is 275 g/mol. The lowest BCUT2D eigenvalue weighted by Crippen LogP contribution is -2.61. The third kappa shape index (κ3) is 3.26. The Morgan fingerprint density at radius 1 is 1.20 bits per heavy atom. The Hall–Kier alpha value is -1.22. The van der Waals surface area contributed by atoms with Crippen LogP contribution < -0.4 is 15.1 Å². The van der Waals surface area contributed by atoms with E-state index in [0.717, 1.165) is 26.2 Å². The van der Waals surface area contributed by atoms with Gasteiger partial charge in [0.25, 0.3) is 0 Å². The molecule has 1 fully saturated rings. The molecule has 20 heavy (non-hydrogen) atoms. The van der Waals surface area contributed by atoms with Crippen LogP contribution >= 0.6 is 0 Å². The van der Waals surface area contributed by atoms with E-state index in [2.05, 4.69) is 74.0 Å². The topological polar surface area (TPSA) is 18.5 Å². The fourth-order valence-corrected chi connectivity index (χ4v) is 2.96. The average Bonchev–Trinajstić information content (AvgIpc) is 2.44. The predicted octanol–water partition coefficient (Wildman–Crippen LogP) is 3.11. The molecule has 0 aromatic heterocycles. The minimum atomic E-state index is 0.185. The number of hydrogen-bond acceptors (Lipinski definition) is 3. The molecule has 1 aromatic rings. The van der Waals surface area contributed by atoms with Gasteiger partial charge in [0.05, 0.1) is 0 Å². The normalized spacial score (nSPS) is 21.9. The van der Waals surface area contributed by atoms with Crippen molar-refractivity contribution in [1.29, 1.82) is 0 Å². The lowest BCUT2D eigenvalue weighted by molar-refractivity contribution is 0.318. The van der Waals surface area contributed by atoms with Crippen molar-refractivity contribution < 1.29 is 0 Å². The highest BCUT2D eigenvalue weighted by Gasteiger charge is 2.30. The zero-order valence-corrected chi connectivity index (χ0v) is 13.6. The number of rotatable bonds is 4. The molecular weight excluding hydrogens is 246 g/mol. The molecule has 1 aliphatic rings. The van der Waals surface area contributed by atoms with Crippen LogP contribution in [0.15, 0.2) is 24.3 Å². The van der Waals surface area contributed by atoms with Gasteiger partial charge in [0, 0.05) is 49.1 Å². The molecule has 0 radical (unpaired) electrons. The molecule has 1 unspecified atom stereocenters. The van der Waals surface area contributed by atoms with Gasteiger partial charge in [-0.15, -0.1) is 0 Å². The standard InChI is InChI=1S/C17H29N3/c1-6-19(7-2)15-8-10-16(11-9-15)20-13-17(4,5)18-12-14(20)3/h8-11,14,18H,6-7,12-13H2,1-5H3. The van der Waals surface area contributed by atoms with E-state index in [0.29, 0.717) is 6.04 Å². The van der Waals surface area contributed by atoms with Gasteiger partial charge in [-0.1, -0.05) is 0 Å². The second kappa shape index (κ2) is 6.04. The third-order valence-electron chi connectivity index (χ3n) is 4.28. The maximum atomic E-state index is 3.61. The first-order valence-electron chi connectivity index (χ1n) is 7.83. The zero-order valence-electron chi connectivity index (χ0n) is 13.6. The van der Waals surface area contributed by atoms with Gasteiger partial charge in [-0.05, 0) is 58.9 Å². The summed E-state index contributed by atoms with van der Waals surface area (Å²) in [5.41, 5.74) is 2.84. The fourth-order valence-electron chi connectivity index (χ4n) is 2.96. The van der Waals surface area contributed by atoms with Crippen LogP contribution in [0.2, 0.25) is 0 Å². The van der Waals surface area contributed by atoms with Crippen molar-refractivity contribution >= 4 is 11.4 Å². The number of hydrogen-bond donors (Lipinski definition) is 1. The number of nitrogens with one attached hydrogen (secondary N) is 1. The molecule has 0 amide bonds. The third-order valence-corrected chi connectivity index (χ3v) is 4.28. The van der Waals surface area contributed by atoms with Crippen LogP contribution in [-0.4, -0.2) is 37.8 Å². The second-order valence-electron chi connectivity index (χ2n) is 6.43. The van der Waals surface area contributed by atoms with E-state index >= 15 is 0 Å². The SMILES string of the molecule is CCN(CC)c1ccc(N2CC(C)(C)NCC2C)cc1. The summed E-state index contributed by atoms with van der Waals surface area (Å²) >= 11 is 0. The molecule has 1 N–H and O–H groups in total. The predicted molar refractivity (Wildman–Crippen MR) is 88.9 cm³/mol. The van der Waals surface area contributed by atoms with Crippen LogP contribution in [0.4, 0.5) is 11.4 Å². The van der Waals surface area contributed by atoms with Crippen LogP contribution in [0.3, 0.4) is 0 Å². The largest absolute Gasteiger partial charge is 0.372 e. The highest BCUT2D eigenvalue weighted by atomic mass is 15.2. The number of benzene rings is 1. The molecule has 112 valence electrons. The highest BCUT2D eigenvalue weighted by Crippen LogP contribution is 2.26. The van der Waals surface area contributed by atoms with Gasteiger partial charge >= 0.3 is 0 Å². The molecule has 1 aromatic carbocycles. The monoisotopic (exact) mass is 275 g/mol. The lowest BCUT2D eigenvalue weighted by Gasteiger charge is -2.44. The molecule has 1 heterocycles. The Morgan fingerprint density at radius 3 is 2.35 bits per heavy atom. The second-order valence-corrected chi connectivity index (χ2v) is 6.43. The zero-order chi connectivity index (χ0) is 14.8. The molecular formula is C17H29N3. The molecule has 3 nitrogen and oxygen atoms in total. The highest BCUT2D eigenvalue weighted by molar-refractivity contribution is 5.57. The first-order valence-corrected chi connectivity index (χ1v) is 7.83. The maximum Gasteiger partial charge on any atom is 0.0387 e. The van der Waals surface area contributed by atoms with Crippen molar-refractivity contribution in [2.45, 2.75) is 46.2 Å². The van der Waals surface area contributed by atoms with E-state index in [-0.39, 0.29) is 5.54 Å². The minimum absolute atomic E-state index is 0.185. The number of piperazine rings is 1. The molecule has 1 aliphatic heterocycles. The Kier molecular flexibility index (Phi) is 4.59. The van der Waals surface area contributed by atoms with Gasteiger partial charge in [-0.3, -0.25) is 0 Å². The molecule has 0 saturated carbocycles. The smallest absolute Gasteiger partial charge is 0.0387 e. The van der Waals surface area contributed by atoms with Gasteiger partial charge in [0.1, 0.15) is 0 Å². The van der Waals surface area contributed by atoms with E-state index in [1.165, 1.54) is 11.4 Å². The van der Waals surface area contributed by atoms with Crippen molar-refractivity contribution in [3.05, 3.63) is 24.3 Å². The van der Waals surface area contributed by atoms with Gasteiger partial charge in [0.2, 0.25) is 0 Å². The number of anilines is 2. The van der Waals surface area contributed by atoms with Crippen molar-refractivity contribution in [3.8, 4) is 0 Å².